The minimum Gasteiger partial charge on any atom is -0.390 e. The lowest BCUT2D eigenvalue weighted by atomic mass is 9.90. The van der Waals surface area contributed by atoms with Crippen LogP contribution in [0.5, 0.6) is 0 Å². The summed E-state index contributed by atoms with van der Waals surface area (Å²) in [5.74, 6) is -1.26. The van der Waals surface area contributed by atoms with Crippen molar-refractivity contribution in [3.05, 3.63) is 0 Å². The summed E-state index contributed by atoms with van der Waals surface area (Å²) in [6.07, 6.45) is 0.0995. The van der Waals surface area contributed by atoms with E-state index in [0.717, 1.165) is 0 Å². The molecule has 1 aliphatic rings. The van der Waals surface area contributed by atoms with E-state index in [0.29, 0.717) is 0 Å². The van der Waals surface area contributed by atoms with Gasteiger partial charge >= 0.3 is 0 Å². The van der Waals surface area contributed by atoms with Crippen LogP contribution in [0.1, 0.15) is 20.3 Å². The van der Waals surface area contributed by atoms with Gasteiger partial charge in [-0.25, -0.2) is 0 Å². The average molecular weight is 157 g/mol. The Balaban J connectivity index is 2.76. The quantitative estimate of drug-likeness (QED) is 0.500. The number of nitrogens with one attached hydrogen (secondary N) is 1. The molecule has 0 saturated carbocycles. The number of rotatable bonds is 1. The molecule has 1 unspecified atom stereocenters. The third-order valence-electron chi connectivity index (χ3n) is 1.82. The molecule has 1 rings (SSSR count). The van der Waals surface area contributed by atoms with Crippen molar-refractivity contribution >= 4 is 11.8 Å². The summed E-state index contributed by atoms with van der Waals surface area (Å²) >= 11 is 0. The van der Waals surface area contributed by atoms with Crippen LogP contribution < -0.4 is 5.32 Å². The zero-order valence-electron chi connectivity index (χ0n) is 6.55. The van der Waals surface area contributed by atoms with Crippen LogP contribution >= 0.6 is 0 Å². The zero-order valence-corrected chi connectivity index (χ0v) is 6.55. The molecule has 4 heteroatoms. The number of imide groups is 1. The molecule has 0 aromatic heterocycles. The summed E-state index contributed by atoms with van der Waals surface area (Å²) in [4.78, 5) is 21.6. The number of carbonyl (C=O) groups is 2. The third kappa shape index (κ3) is 1.57. The summed E-state index contributed by atoms with van der Waals surface area (Å²) in [7, 11) is 0. The monoisotopic (exact) mass is 157 g/mol. The predicted octanol–water partition coefficient (Wildman–Crippen LogP) is -0.580. The van der Waals surface area contributed by atoms with E-state index < -0.39 is 11.5 Å². The Bertz CT molecular complexity index is 204. The number of aliphatic hydroxyl groups is 1. The molecule has 1 fully saturated rings. The van der Waals surface area contributed by atoms with E-state index in [1.807, 2.05) is 0 Å². The van der Waals surface area contributed by atoms with Crippen molar-refractivity contribution in [2.24, 2.45) is 5.92 Å². The Labute approximate surface area is 64.6 Å². The van der Waals surface area contributed by atoms with E-state index in [1.54, 1.807) is 0 Å². The Kier molecular flexibility index (Phi) is 1.72. The highest BCUT2D eigenvalue weighted by molar-refractivity contribution is 6.03. The smallest absolute Gasteiger partial charge is 0.233 e. The first kappa shape index (κ1) is 8.20. The van der Waals surface area contributed by atoms with Gasteiger partial charge in [0.05, 0.1) is 11.5 Å². The molecule has 2 amide bonds. The van der Waals surface area contributed by atoms with E-state index in [2.05, 4.69) is 5.32 Å². The second-order valence-corrected chi connectivity index (χ2v) is 3.32. The third-order valence-corrected chi connectivity index (χ3v) is 1.82. The maximum absolute atomic E-state index is 10.9. The van der Waals surface area contributed by atoms with E-state index in [1.165, 1.54) is 13.8 Å². The maximum Gasteiger partial charge on any atom is 0.233 e. The van der Waals surface area contributed by atoms with Crippen molar-refractivity contribution in [2.75, 3.05) is 0 Å². The molecular weight excluding hydrogens is 146 g/mol. The van der Waals surface area contributed by atoms with Crippen LogP contribution in [0.15, 0.2) is 0 Å². The molecule has 0 bridgehead atoms. The van der Waals surface area contributed by atoms with Gasteiger partial charge in [0.1, 0.15) is 0 Å². The molecule has 11 heavy (non-hydrogen) atoms. The fraction of sp³-hybridized carbons (Fsp3) is 0.714. The number of amides is 2. The molecule has 1 saturated heterocycles. The minimum absolute atomic E-state index is 0.0995. The molecular formula is C7H11NO3. The molecule has 0 aromatic rings. The standard InChI is InChI=1S/C7H11NO3/c1-7(2,11)4-3-5(9)8-6(4)10/h4,11H,3H2,1-2H3,(H,8,9,10). The molecule has 0 aliphatic carbocycles. The highest BCUT2D eigenvalue weighted by Gasteiger charge is 2.40. The number of carbonyl (C=O) groups excluding carboxylic acids is 2. The summed E-state index contributed by atoms with van der Waals surface area (Å²) < 4.78 is 0. The van der Waals surface area contributed by atoms with Gasteiger partial charge in [0.25, 0.3) is 0 Å². The van der Waals surface area contributed by atoms with Crippen molar-refractivity contribution in [3.8, 4) is 0 Å². The second kappa shape index (κ2) is 2.30. The molecule has 0 aromatic carbocycles. The molecule has 0 radical (unpaired) electrons. The summed E-state index contributed by atoms with van der Waals surface area (Å²) in [6.45, 7) is 3.05. The van der Waals surface area contributed by atoms with Crippen LogP contribution in [0.3, 0.4) is 0 Å². The van der Waals surface area contributed by atoms with Gasteiger partial charge in [-0.15, -0.1) is 0 Å². The van der Waals surface area contributed by atoms with Crippen molar-refractivity contribution in [1.29, 1.82) is 0 Å². The van der Waals surface area contributed by atoms with Crippen LogP contribution in [0.2, 0.25) is 0 Å². The van der Waals surface area contributed by atoms with Crippen molar-refractivity contribution in [3.63, 3.8) is 0 Å². The van der Waals surface area contributed by atoms with Crippen LogP contribution in [-0.4, -0.2) is 22.5 Å². The zero-order chi connectivity index (χ0) is 8.65. The van der Waals surface area contributed by atoms with Crippen molar-refractivity contribution in [1.82, 2.24) is 5.32 Å². The first-order valence-corrected chi connectivity index (χ1v) is 3.47. The van der Waals surface area contributed by atoms with Gasteiger partial charge in [-0.05, 0) is 13.8 Å². The maximum atomic E-state index is 10.9. The Morgan fingerprint density at radius 3 is 2.27 bits per heavy atom. The van der Waals surface area contributed by atoms with Gasteiger partial charge in [0, 0.05) is 6.42 Å². The summed E-state index contributed by atoms with van der Waals surface area (Å²) in [6, 6.07) is 0. The molecule has 1 aliphatic heterocycles. The van der Waals surface area contributed by atoms with Crippen LogP contribution in [-0.2, 0) is 9.59 Å². The topological polar surface area (TPSA) is 66.4 Å². The van der Waals surface area contributed by atoms with Crippen LogP contribution in [0, 0.1) is 5.92 Å². The normalized spacial score (nSPS) is 25.5. The van der Waals surface area contributed by atoms with Gasteiger partial charge < -0.3 is 5.11 Å². The lowest BCUT2D eigenvalue weighted by molar-refractivity contribution is -0.129. The second-order valence-electron chi connectivity index (χ2n) is 3.32. The molecule has 0 spiro atoms. The molecule has 1 atom stereocenters. The number of hydrogen-bond acceptors (Lipinski definition) is 3. The SMILES string of the molecule is CC(C)(O)C1CC(=O)NC1=O. The van der Waals surface area contributed by atoms with E-state index >= 15 is 0 Å². The molecule has 62 valence electrons. The van der Waals surface area contributed by atoms with Gasteiger partial charge in [-0.2, -0.15) is 0 Å². The summed E-state index contributed by atoms with van der Waals surface area (Å²) in [5.41, 5.74) is -1.10. The van der Waals surface area contributed by atoms with E-state index in [4.69, 9.17) is 0 Å². The van der Waals surface area contributed by atoms with Crippen LogP contribution in [0.25, 0.3) is 0 Å². The summed E-state index contributed by atoms with van der Waals surface area (Å²) in [5, 5.41) is 11.5. The van der Waals surface area contributed by atoms with E-state index in [-0.39, 0.29) is 18.2 Å². The van der Waals surface area contributed by atoms with Gasteiger partial charge in [0.2, 0.25) is 11.8 Å². The fourth-order valence-corrected chi connectivity index (χ4v) is 1.12. The lowest BCUT2D eigenvalue weighted by Gasteiger charge is -2.21. The van der Waals surface area contributed by atoms with Gasteiger partial charge in [0.15, 0.2) is 0 Å². The Morgan fingerprint density at radius 2 is 2.09 bits per heavy atom. The van der Waals surface area contributed by atoms with Gasteiger partial charge in [-0.1, -0.05) is 0 Å². The molecule has 1 heterocycles. The minimum atomic E-state index is -1.10. The fourth-order valence-electron chi connectivity index (χ4n) is 1.12. The van der Waals surface area contributed by atoms with Crippen molar-refractivity contribution < 1.29 is 14.7 Å². The Hall–Kier alpha value is -0.900. The average Bonchev–Trinajstić information content (AvgIpc) is 2.08. The first-order valence-electron chi connectivity index (χ1n) is 3.47. The van der Waals surface area contributed by atoms with E-state index in [9.17, 15) is 14.7 Å². The van der Waals surface area contributed by atoms with Crippen LogP contribution in [0.4, 0.5) is 0 Å². The molecule has 4 nitrogen and oxygen atoms in total. The first-order chi connectivity index (χ1) is 4.91. The van der Waals surface area contributed by atoms with Crippen molar-refractivity contribution in [2.45, 2.75) is 25.9 Å². The van der Waals surface area contributed by atoms with Gasteiger partial charge in [-0.3, -0.25) is 14.9 Å². The Morgan fingerprint density at radius 1 is 1.55 bits per heavy atom. The lowest BCUT2D eigenvalue weighted by Crippen LogP contribution is -2.36. The largest absolute Gasteiger partial charge is 0.390 e. The molecule has 2 N–H and O–H groups in total. The number of hydrogen-bond donors (Lipinski definition) is 2. The highest BCUT2D eigenvalue weighted by Crippen LogP contribution is 2.23. The predicted molar refractivity (Wildman–Crippen MR) is 37.6 cm³/mol. The highest BCUT2D eigenvalue weighted by atomic mass is 16.3.